The van der Waals surface area contributed by atoms with E-state index in [0.29, 0.717) is 24.1 Å². The highest BCUT2D eigenvalue weighted by atomic mass is 19.4. The van der Waals surface area contributed by atoms with Crippen molar-refractivity contribution < 1.29 is 37.1 Å². The number of carbonyl (C=O) groups excluding carboxylic acids is 1. The number of anilines is 2. The Hall–Kier alpha value is -4.60. The van der Waals surface area contributed by atoms with E-state index in [2.05, 4.69) is 5.16 Å². The second kappa shape index (κ2) is 10.2. The first-order valence-electron chi connectivity index (χ1n) is 12.6. The number of aromatic nitrogens is 1. The van der Waals surface area contributed by atoms with E-state index in [1.807, 2.05) is 36.4 Å². The average molecular weight is 551 g/mol. The molecule has 4 aromatic rings. The Morgan fingerprint density at radius 1 is 0.950 bits per heavy atom. The van der Waals surface area contributed by atoms with E-state index in [-0.39, 0.29) is 23.7 Å². The molecule has 0 bridgehead atoms. The third-order valence-electron chi connectivity index (χ3n) is 7.05. The molecule has 1 heterocycles. The topological polar surface area (TPSA) is 92.9 Å². The molecule has 10 heteroatoms. The minimum Gasteiger partial charge on any atom is -0.481 e. The summed E-state index contributed by atoms with van der Waals surface area (Å²) in [4.78, 5) is 25.8. The molecule has 3 aromatic carbocycles. The highest BCUT2D eigenvalue weighted by molar-refractivity contribution is 6.00. The van der Waals surface area contributed by atoms with E-state index in [9.17, 15) is 27.9 Å². The van der Waals surface area contributed by atoms with Crippen LogP contribution in [0.1, 0.15) is 36.7 Å². The first-order valence-corrected chi connectivity index (χ1v) is 12.6. The van der Waals surface area contributed by atoms with Crippen LogP contribution in [0, 0.1) is 6.92 Å². The van der Waals surface area contributed by atoms with Crippen LogP contribution in [0.3, 0.4) is 0 Å². The maximum atomic E-state index is 13.1. The van der Waals surface area contributed by atoms with Crippen LogP contribution in [0.5, 0.6) is 0 Å². The number of carboxylic acids is 1. The molecular weight excluding hydrogens is 525 g/mol. The van der Waals surface area contributed by atoms with Gasteiger partial charge in [0.15, 0.2) is 5.76 Å². The van der Waals surface area contributed by atoms with E-state index < -0.39 is 29.2 Å². The SMILES string of the molecule is CCOC(=O)N(c1ccc(C(F)(F)F)cc1)c1c(-c2ccc(-c3ccc(C4(C(=O)O)CC4)cc3)cc2)noc1C. The Kier molecular flexibility index (Phi) is 6.87. The number of ether oxygens (including phenoxy) is 1. The highest BCUT2D eigenvalue weighted by Crippen LogP contribution is 2.48. The predicted molar refractivity (Wildman–Crippen MR) is 141 cm³/mol. The van der Waals surface area contributed by atoms with Crippen LogP contribution in [0.25, 0.3) is 22.4 Å². The zero-order chi connectivity index (χ0) is 28.7. The molecule has 1 aliphatic rings. The van der Waals surface area contributed by atoms with Gasteiger partial charge in [-0.25, -0.2) is 9.69 Å². The maximum Gasteiger partial charge on any atom is 0.419 e. The number of hydrogen-bond acceptors (Lipinski definition) is 5. The minimum absolute atomic E-state index is 0.0523. The van der Waals surface area contributed by atoms with E-state index >= 15 is 0 Å². The van der Waals surface area contributed by atoms with Gasteiger partial charge in [-0.3, -0.25) is 4.79 Å². The molecule has 0 unspecified atom stereocenters. The summed E-state index contributed by atoms with van der Waals surface area (Å²) in [5, 5.41) is 13.7. The van der Waals surface area contributed by atoms with E-state index in [0.717, 1.165) is 33.7 Å². The van der Waals surface area contributed by atoms with Crippen molar-refractivity contribution >= 4 is 23.4 Å². The van der Waals surface area contributed by atoms with E-state index in [4.69, 9.17) is 9.26 Å². The fourth-order valence-corrected chi connectivity index (χ4v) is 4.69. The van der Waals surface area contributed by atoms with Gasteiger partial charge in [0.2, 0.25) is 0 Å². The Morgan fingerprint density at radius 3 is 2.00 bits per heavy atom. The highest BCUT2D eigenvalue weighted by Gasteiger charge is 2.51. The molecule has 0 spiro atoms. The molecule has 5 rings (SSSR count). The van der Waals surface area contributed by atoms with Crippen LogP contribution in [0.2, 0.25) is 0 Å². The zero-order valence-corrected chi connectivity index (χ0v) is 21.7. The van der Waals surface area contributed by atoms with Crippen molar-refractivity contribution in [3.8, 4) is 22.4 Å². The molecule has 0 saturated heterocycles. The van der Waals surface area contributed by atoms with Crippen molar-refractivity contribution in [1.82, 2.24) is 5.16 Å². The van der Waals surface area contributed by atoms with Crippen LogP contribution < -0.4 is 4.90 Å². The van der Waals surface area contributed by atoms with Crippen LogP contribution >= 0.6 is 0 Å². The smallest absolute Gasteiger partial charge is 0.419 e. The Morgan fingerprint density at radius 2 is 1.50 bits per heavy atom. The van der Waals surface area contributed by atoms with Gasteiger partial charge in [0.25, 0.3) is 0 Å². The number of aryl methyl sites for hydroxylation is 1. The van der Waals surface area contributed by atoms with Crippen molar-refractivity contribution in [1.29, 1.82) is 0 Å². The summed E-state index contributed by atoms with van der Waals surface area (Å²) in [6.45, 7) is 3.28. The molecule has 0 radical (unpaired) electrons. The summed E-state index contributed by atoms with van der Waals surface area (Å²) >= 11 is 0. The molecule has 40 heavy (non-hydrogen) atoms. The van der Waals surface area contributed by atoms with Gasteiger partial charge >= 0.3 is 18.2 Å². The van der Waals surface area contributed by atoms with E-state index in [1.54, 1.807) is 26.0 Å². The van der Waals surface area contributed by atoms with Gasteiger partial charge in [-0.05, 0) is 67.6 Å². The molecule has 1 saturated carbocycles. The van der Waals surface area contributed by atoms with Gasteiger partial charge in [-0.2, -0.15) is 13.2 Å². The van der Waals surface area contributed by atoms with Gasteiger partial charge in [-0.1, -0.05) is 53.7 Å². The minimum atomic E-state index is -4.52. The second-order valence-electron chi connectivity index (χ2n) is 9.56. The number of amides is 1. The van der Waals surface area contributed by atoms with Gasteiger partial charge in [0.05, 0.1) is 23.3 Å². The standard InChI is InChI=1S/C30H25F3N2O5/c1-3-39-28(38)35(24-14-12-23(13-15-24)30(31,32)33)26-18(2)40-34-25(26)21-6-4-19(5-7-21)20-8-10-22(11-9-20)29(16-17-29)27(36)37/h4-15H,3,16-17H2,1-2H3,(H,36,37). The second-order valence-corrected chi connectivity index (χ2v) is 9.56. The molecule has 1 aromatic heterocycles. The van der Waals surface area contributed by atoms with Crippen molar-refractivity contribution in [3.05, 3.63) is 89.7 Å². The molecule has 1 amide bonds. The van der Waals surface area contributed by atoms with Crippen LogP contribution in [0.4, 0.5) is 29.3 Å². The zero-order valence-electron chi connectivity index (χ0n) is 21.7. The summed E-state index contributed by atoms with van der Waals surface area (Å²) < 4.78 is 50.0. The van der Waals surface area contributed by atoms with Gasteiger partial charge in [0.1, 0.15) is 11.4 Å². The average Bonchev–Trinajstić information content (AvgIpc) is 3.67. The summed E-state index contributed by atoms with van der Waals surface area (Å²) in [6, 6.07) is 18.9. The largest absolute Gasteiger partial charge is 0.481 e. The summed E-state index contributed by atoms with van der Waals surface area (Å²) in [7, 11) is 0. The lowest BCUT2D eigenvalue weighted by Gasteiger charge is -2.22. The maximum absolute atomic E-state index is 13.1. The molecule has 0 aliphatic heterocycles. The van der Waals surface area contributed by atoms with Crippen molar-refractivity contribution in [3.63, 3.8) is 0 Å². The first kappa shape index (κ1) is 27.0. The molecule has 1 aliphatic carbocycles. The number of benzene rings is 3. The van der Waals surface area contributed by atoms with Gasteiger partial charge in [0, 0.05) is 5.56 Å². The number of alkyl halides is 3. The molecular formula is C30H25F3N2O5. The number of nitrogens with zero attached hydrogens (tertiary/aromatic N) is 2. The normalized spacial score (nSPS) is 14.0. The fourth-order valence-electron chi connectivity index (χ4n) is 4.69. The van der Waals surface area contributed by atoms with E-state index in [1.165, 1.54) is 12.1 Å². The van der Waals surface area contributed by atoms with Crippen LogP contribution in [0.15, 0.2) is 77.3 Å². The number of rotatable bonds is 7. The van der Waals surface area contributed by atoms with Crippen molar-refractivity contribution in [2.75, 3.05) is 11.5 Å². The monoisotopic (exact) mass is 550 g/mol. The summed E-state index contributed by atoms with van der Waals surface area (Å²) in [6.07, 6.45) is -4.05. The number of carboxylic acid groups (broad SMARTS) is 1. The fraction of sp³-hybridized carbons (Fsp3) is 0.233. The number of carbonyl (C=O) groups is 2. The van der Waals surface area contributed by atoms with Crippen molar-refractivity contribution in [2.24, 2.45) is 0 Å². The van der Waals surface area contributed by atoms with Crippen LogP contribution in [-0.2, 0) is 21.1 Å². The Labute approximate surface area is 227 Å². The third kappa shape index (κ3) is 4.92. The summed E-state index contributed by atoms with van der Waals surface area (Å²) in [5.74, 6) is -0.536. The lowest BCUT2D eigenvalue weighted by atomic mass is 9.93. The number of hydrogen-bond donors (Lipinski definition) is 1. The predicted octanol–water partition coefficient (Wildman–Crippen LogP) is 7.75. The van der Waals surface area contributed by atoms with Crippen LogP contribution in [-0.4, -0.2) is 28.9 Å². The Balaban J connectivity index is 1.47. The number of halogens is 3. The lowest BCUT2D eigenvalue weighted by molar-refractivity contribution is -0.140. The van der Waals surface area contributed by atoms with Gasteiger partial charge in [-0.15, -0.1) is 0 Å². The molecule has 206 valence electrons. The molecule has 7 nitrogen and oxygen atoms in total. The quantitative estimate of drug-likeness (QED) is 0.253. The third-order valence-corrected chi connectivity index (χ3v) is 7.05. The molecule has 1 fully saturated rings. The number of aliphatic carboxylic acids is 1. The van der Waals surface area contributed by atoms with Gasteiger partial charge < -0.3 is 14.4 Å². The first-order chi connectivity index (χ1) is 19.0. The summed E-state index contributed by atoms with van der Waals surface area (Å²) in [5.41, 5.74) is 2.26. The van der Waals surface area contributed by atoms with Crippen molar-refractivity contribution in [2.45, 2.75) is 38.3 Å². The molecule has 1 N–H and O–H groups in total. The molecule has 0 atom stereocenters. The Bertz CT molecular complexity index is 1540. The lowest BCUT2D eigenvalue weighted by Crippen LogP contribution is -2.27.